The molecule has 1 saturated carbocycles. The molecular formula is C16H21N3O. The molecule has 106 valence electrons. The van der Waals surface area contributed by atoms with Gasteiger partial charge in [0.2, 0.25) is 0 Å². The molecule has 2 aromatic rings. The fourth-order valence-electron chi connectivity index (χ4n) is 2.53. The van der Waals surface area contributed by atoms with E-state index in [1.165, 1.54) is 0 Å². The number of para-hydroxylation sites is 1. The number of hydrogen-bond donors (Lipinski definition) is 1. The molecule has 0 radical (unpaired) electrons. The second-order valence-corrected chi connectivity index (χ2v) is 5.21. The van der Waals surface area contributed by atoms with Gasteiger partial charge in [0, 0.05) is 25.4 Å². The Morgan fingerprint density at radius 2 is 2.05 bits per heavy atom. The van der Waals surface area contributed by atoms with Crippen LogP contribution in [-0.4, -0.2) is 28.5 Å². The first kappa shape index (κ1) is 13.3. The lowest BCUT2D eigenvalue weighted by atomic mass is 9.89. The molecule has 0 bridgehead atoms. The molecule has 20 heavy (non-hydrogen) atoms. The quantitative estimate of drug-likeness (QED) is 0.877. The molecule has 1 aliphatic rings. The number of benzene rings is 1. The van der Waals surface area contributed by atoms with Crippen LogP contribution in [0.3, 0.4) is 0 Å². The van der Waals surface area contributed by atoms with Crippen molar-refractivity contribution in [3.63, 3.8) is 0 Å². The summed E-state index contributed by atoms with van der Waals surface area (Å²) in [4.78, 5) is 0. The van der Waals surface area contributed by atoms with Gasteiger partial charge >= 0.3 is 0 Å². The summed E-state index contributed by atoms with van der Waals surface area (Å²) in [5, 5.41) is 8.12. The van der Waals surface area contributed by atoms with E-state index in [1.54, 1.807) is 0 Å². The number of ether oxygens (including phenoxy) is 1. The molecule has 3 rings (SSSR count). The fourth-order valence-corrected chi connectivity index (χ4v) is 2.53. The Kier molecular flexibility index (Phi) is 4.14. The highest BCUT2D eigenvalue weighted by Crippen LogP contribution is 2.23. The monoisotopic (exact) mass is 271 g/mol. The molecule has 1 aliphatic carbocycles. The lowest BCUT2D eigenvalue weighted by Crippen LogP contribution is -2.45. The van der Waals surface area contributed by atoms with Crippen molar-refractivity contribution in [2.45, 2.75) is 38.5 Å². The van der Waals surface area contributed by atoms with Gasteiger partial charge in [-0.2, -0.15) is 5.10 Å². The first-order chi connectivity index (χ1) is 9.85. The van der Waals surface area contributed by atoms with Crippen LogP contribution in [0.15, 0.2) is 42.6 Å². The van der Waals surface area contributed by atoms with E-state index >= 15 is 0 Å². The number of nitrogens with one attached hydrogen (secondary N) is 1. The van der Waals surface area contributed by atoms with Crippen LogP contribution in [0.4, 0.5) is 0 Å². The number of rotatable bonds is 6. The topological polar surface area (TPSA) is 39.1 Å². The second-order valence-electron chi connectivity index (χ2n) is 5.21. The highest BCUT2D eigenvalue weighted by Gasteiger charge is 2.28. The Morgan fingerprint density at radius 1 is 1.25 bits per heavy atom. The Morgan fingerprint density at radius 3 is 2.80 bits per heavy atom. The van der Waals surface area contributed by atoms with E-state index in [2.05, 4.69) is 35.5 Å². The SMILES string of the molecule is CCOC1CC(NCc2ccn(-c3ccccc3)n2)C1. The van der Waals surface area contributed by atoms with Crippen LogP contribution in [-0.2, 0) is 11.3 Å². The molecule has 0 aliphatic heterocycles. The zero-order chi connectivity index (χ0) is 13.8. The third-order valence-corrected chi connectivity index (χ3v) is 3.73. The fraction of sp³-hybridized carbons (Fsp3) is 0.438. The van der Waals surface area contributed by atoms with E-state index in [1.807, 2.05) is 29.1 Å². The van der Waals surface area contributed by atoms with Crippen LogP contribution in [0.25, 0.3) is 5.69 Å². The molecule has 1 N–H and O–H groups in total. The maximum Gasteiger partial charge on any atom is 0.0766 e. The van der Waals surface area contributed by atoms with Gasteiger partial charge in [-0.3, -0.25) is 0 Å². The van der Waals surface area contributed by atoms with E-state index in [4.69, 9.17) is 4.74 Å². The standard InChI is InChI=1S/C16H21N3O/c1-2-20-16-10-14(11-16)17-12-13-8-9-19(18-13)15-6-4-3-5-7-15/h3-9,14,16-17H,2,10-12H2,1H3. The molecule has 1 aromatic carbocycles. The van der Waals surface area contributed by atoms with Crippen molar-refractivity contribution >= 4 is 0 Å². The molecule has 0 unspecified atom stereocenters. The summed E-state index contributed by atoms with van der Waals surface area (Å²) in [6, 6.07) is 12.8. The number of nitrogens with zero attached hydrogens (tertiary/aromatic N) is 2. The molecule has 0 saturated heterocycles. The van der Waals surface area contributed by atoms with Crippen LogP contribution in [0, 0.1) is 0 Å². The minimum Gasteiger partial charge on any atom is -0.378 e. The Balaban J connectivity index is 1.49. The van der Waals surface area contributed by atoms with Crippen molar-refractivity contribution < 1.29 is 4.74 Å². The number of aromatic nitrogens is 2. The normalized spacial score (nSPS) is 21.6. The van der Waals surface area contributed by atoms with Crippen molar-refractivity contribution in [1.29, 1.82) is 0 Å². The molecular weight excluding hydrogens is 250 g/mol. The molecule has 0 atom stereocenters. The average Bonchev–Trinajstić information content (AvgIpc) is 2.91. The van der Waals surface area contributed by atoms with Gasteiger partial charge in [0.25, 0.3) is 0 Å². The van der Waals surface area contributed by atoms with E-state index in [9.17, 15) is 0 Å². The summed E-state index contributed by atoms with van der Waals surface area (Å²) < 4.78 is 7.48. The Labute approximate surface area is 119 Å². The van der Waals surface area contributed by atoms with Gasteiger partial charge in [-0.05, 0) is 38.0 Å². The van der Waals surface area contributed by atoms with Gasteiger partial charge in [0.1, 0.15) is 0 Å². The predicted octanol–water partition coefficient (Wildman–Crippen LogP) is 2.53. The average molecular weight is 271 g/mol. The lowest BCUT2D eigenvalue weighted by molar-refractivity contribution is -0.0103. The summed E-state index contributed by atoms with van der Waals surface area (Å²) in [7, 11) is 0. The van der Waals surface area contributed by atoms with E-state index in [0.717, 1.165) is 37.4 Å². The molecule has 1 heterocycles. The van der Waals surface area contributed by atoms with Crippen LogP contribution in [0.2, 0.25) is 0 Å². The Hall–Kier alpha value is -1.65. The van der Waals surface area contributed by atoms with Crippen LogP contribution >= 0.6 is 0 Å². The third kappa shape index (κ3) is 3.08. The maximum absolute atomic E-state index is 5.56. The molecule has 4 heteroatoms. The summed E-state index contributed by atoms with van der Waals surface area (Å²) >= 11 is 0. The van der Waals surface area contributed by atoms with Gasteiger partial charge < -0.3 is 10.1 Å². The van der Waals surface area contributed by atoms with Crippen LogP contribution < -0.4 is 5.32 Å². The highest BCUT2D eigenvalue weighted by molar-refractivity contribution is 5.30. The number of hydrogen-bond acceptors (Lipinski definition) is 3. The van der Waals surface area contributed by atoms with Gasteiger partial charge in [0.05, 0.1) is 17.5 Å². The van der Waals surface area contributed by atoms with Crippen molar-refractivity contribution in [2.75, 3.05) is 6.61 Å². The summed E-state index contributed by atoms with van der Waals surface area (Å²) in [6.07, 6.45) is 4.70. The van der Waals surface area contributed by atoms with Gasteiger partial charge in [-0.15, -0.1) is 0 Å². The van der Waals surface area contributed by atoms with Crippen LogP contribution in [0.1, 0.15) is 25.5 Å². The molecule has 1 aromatic heterocycles. The summed E-state index contributed by atoms with van der Waals surface area (Å²) in [6.45, 7) is 3.69. The van der Waals surface area contributed by atoms with Crippen molar-refractivity contribution in [1.82, 2.24) is 15.1 Å². The van der Waals surface area contributed by atoms with Crippen molar-refractivity contribution in [3.05, 3.63) is 48.3 Å². The first-order valence-corrected chi connectivity index (χ1v) is 7.30. The highest BCUT2D eigenvalue weighted by atomic mass is 16.5. The smallest absolute Gasteiger partial charge is 0.0766 e. The molecule has 0 amide bonds. The first-order valence-electron chi connectivity index (χ1n) is 7.30. The molecule has 1 fully saturated rings. The van der Waals surface area contributed by atoms with E-state index in [0.29, 0.717) is 12.1 Å². The Bertz CT molecular complexity index is 532. The molecule has 0 spiro atoms. The largest absolute Gasteiger partial charge is 0.378 e. The van der Waals surface area contributed by atoms with Gasteiger partial charge in [-0.25, -0.2) is 4.68 Å². The van der Waals surface area contributed by atoms with Crippen LogP contribution in [0.5, 0.6) is 0 Å². The third-order valence-electron chi connectivity index (χ3n) is 3.73. The van der Waals surface area contributed by atoms with E-state index < -0.39 is 0 Å². The van der Waals surface area contributed by atoms with Gasteiger partial charge in [-0.1, -0.05) is 18.2 Å². The zero-order valence-electron chi connectivity index (χ0n) is 11.8. The second kappa shape index (κ2) is 6.20. The van der Waals surface area contributed by atoms with Crippen molar-refractivity contribution in [2.24, 2.45) is 0 Å². The summed E-state index contributed by atoms with van der Waals surface area (Å²) in [5.74, 6) is 0. The maximum atomic E-state index is 5.56. The van der Waals surface area contributed by atoms with E-state index in [-0.39, 0.29) is 0 Å². The minimum absolute atomic E-state index is 0.458. The predicted molar refractivity (Wildman–Crippen MR) is 78.8 cm³/mol. The van der Waals surface area contributed by atoms with Crippen molar-refractivity contribution in [3.8, 4) is 5.69 Å². The summed E-state index contributed by atoms with van der Waals surface area (Å²) in [5.41, 5.74) is 2.17. The molecule has 4 nitrogen and oxygen atoms in total. The minimum atomic E-state index is 0.458. The zero-order valence-corrected chi connectivity index (χ0v) is 11.8. The lowest BCUT2D eigenvalue weighted by Gasteiger charge is -2.35. The van der Waals surface area contributed by atoms with Gasteiger partial charge in [0.15, 0.2) is 0 Å².